The summed E-state index contributed by atoms with van der Waals surface area (Å²) in [5.41, 5.74) is 0. The Morgan fingerprint density at radius 2 is 0.638 bits per heavy atom. The Morgan fingerprint density at radius 1 is 0.331 bits per heavy atom. The fourth-order valence-corrected chi connectivity index (χ4v) is 16.3. The Morgan fingerprint density at radius 3 is 1.00 bits per heavy atom. The van der Waals surface area contributed by atoms with Crippen molar-refractivity contribution < 1.29 is 273 Å². The lowest BCUT2D eigenvalue weighted by Crippen LogP contribution is -2.73. The molecule has 8 fully saturated rings. The third-order valence-corrected chi connectivity index (χ3v) is 22.8. The normalized spacial score (nSPS) is 42.0. The van der Waals surface area contributed by atoms with Gasteiger partial charge < -0.3 is 256 Å². The summed E-state index contributed by atoms with van der Waals surface area (Å²) in [6.45, 7) is -12.0. The van der Waals surface area contributed by atoms with E-state index >= 15 is 0 Å². The highest BCUT2D eigenvalue weighted by atomic mass is 16.8. The summed E-state index contributed by atoms with van der Waals surface area (Å²) >= 11 is 0. The van der Waals surface area contributed by atoms with Crippen LogP contribution in [0.4, 0.5) is 0 Å². The van der Waals surface area contributed by atoms with Crippen molar-refractivity contribution in [1.29, 1.82) is 0 Å². The molecule has 60 nitrogen and oxygen atoms in total. The average Bonchev–Trinajstić information content (AvgIpc) is 0.750. The maximum atomic E-state index is 14.3. The monoisotopic (exact) mass is 1900 g/mol. The Kier molecular flexibility index (Phi) is 38.5. The maximum absolute atomic E-state index is 14.3. The molecule has 0 saturated carbocycles. The number of ether oxygens (including phenoxy) is 15. The van der Waals surface area contributed by atoms with E-state index in [9.17, 15) is 201 Å². The topological polar surface area (TPSA) is 979 Å². The van der Waals surface area contributed by atoms with Gasteiger partial charge in [-0.2, -0.15) is 0 Å². The van der Waals surface area contributed by atoms with E-state index in [0.717, 1.165) is 20.8 Å². The van der Waals surface area contributed by atoms with E-state index in [1.165, 1.54) is 0 Å². The fraction of sp³-hybridized carbons (Fsp3) is 0.871. The summed E-state index contributed by atoms with van der Waals surface area (Å²) in [5, 5.41) is 355. The molecule has 60 heteroatoms. The summed E-state index contributed by atoms with van der Waals surface area (Å²) in [4.78, 5) is 119. The third kappa shape index (κ3) is 23.6. The molecule has 130 heavy (non-hydrogen) atoms. The molecule has 0 spiro atoms. The fourth-order valence-electron chi connectivity index (χ4n) is 16.3. The molecule has 0 aromatic carbocycles. The molecule has 44 atom stereocenters. The lowest BCUT2D eigenvalue weighted by molar-refractivity contribution is -0.405. The number of hydrogen-bond acceptors (Lipinski definition) is 51. The van der Waals surface area contributed by atoms with Gasteiger partial charge in [-0.05, 0) is 0 Å². The van der Waals surface area contributed by atoms with Crippen LogP contribution in [0, 0.1) is 0 Å². The van der Waals surface area contributed by atoms with Gasteiger partial charge in [0.25, 0.3) is 23.1 Å². The van der Waals surface area contributed by atoms with Crippen molar-refractivity contribution in [3.63, 3.8) is 0 Å². The molecule has 36 N–H and O–H groups in total. The van der Waals surface area contributed by atoms with Crippen LogP contribution in [0.2, 0.25) is 0 Å². The Hall–Kier alpha value is -6.45. The van der Waals surface area contributed by atoms with Crippen molar-refractivity contribution in [2.24, 2.45) is 0 Å². The standard InChI is InChI=1S/C70H113N5O55/c1-18(86)71-35-21(89)4-67(63(108)109,125-53(35)40(97)25(93)8-76)123-29(12-80)44(101)55-36(72-19(2)87)22(90)6-70(127-55,66(114)115)130-58-49(106)62(120-50-31(14-82)116-59(107)47(104)46(50)103)119-32(15-83)51(58)121-60-39(73-20(3)88)52(42(99)27(10-78)117-60)122-61-48(105)57(43(100)28(11-79)118-61)129-69(65(112)113)7-24(92)38(75-34(96)17-85)56(128-69)45(102)30(13-81)124-68(64(110)111)5-23(91)37(74-33(95)16-84)54(126-68)41(98)26(94)9-77/h21-32,35-62,76-85,89-94,97-107H,4-17H2,1-3H3,(H,71,86)(H,72,87)(H,73,88)(H,74,95)(H,75,96)(H,108,109)(H,110,111)(H,112,113)(H,114,115)/t21-,22-,23-,24-,25+,26+,27+,28+,29+,30+,31+,32+,35+,36+,37+,38+,39+,40+,41+,42-,43-,44+,45+,46+,47+,48+,49+,50+,51-,52+,53+,54+,55+,56+,57-,58+,59+,60-,61-,62-,67+,68+,69-,70-/m0/s1. The van der Waals surface area contributed by atoms with Gasteiger partial charge in [0.1, 0.15) is 184 Å². The molecule has 0 bridgehead atoms. The smallest absolute Gasteiger partial charge is 0.364 e. The van der Waals surface area contributed by atoms with Crippen molar-refractivity contribution in [3.8, 4) is 0 Å². The van der Waals surface area contributed by atoms with Crippen LogP contribution in [-0.4, -0.2) is 546 Å². The number of hydrogen-bond donors (Lipinski definition) is 36. The Labute approximate surface area is 730 Å². The summed E-state index contributed by atoms with van der Waals surface area (Å²) in [5.74, 6) is -30.3. The van der Waals surface area contributed by atoms with E-state index in [4.69, 9.17) is 71.1 Å². The largest absolute Gasteiger partial charge is 0.477 e. The number of nitrogens with one attached hydrogen (secondary N) is 5. The molecular weight excluding hydrogens is 1790 g/mol. The molecule has 0 aliphatic carbocycles. The zero-order valence-corrected chi connectivity index (χ0v) is 68.7. The van der Waals surface area contributed by atoms with Gasteiger partial charge in [-0.1, -0.05) is 0 Å². The van der Waals surface area contributed by atoms with Gasteiger partial charge in [0, 0.05) is 46.5 Å². The molecule has 8 aliphatic heterocycles. The first-order valence-corrected chi connectivity index (χ1v) is 40.0. The molecule has 0 unspecified atom stereocenters. The van der Waals surface area contributed by atoms with E-state index in [-0.39, 0.29) is 0 Å². The van der Waals surface area contributed by atoms with E-state index in [0.29, 0.717) is 0 Å². The lowest BCUT2D eigenvalue weighted by atomic mass is 9.87. The molecular formula is C70H113N5O55. The van der Waals surface area contributed by atoms with Gasteiger partial charge in [-0.15, -0.1) is 0 Å². The van der Waals surface area contributed by atoms with Crippen molar-refractivity contribution >= 4 is 53.4 Å². The quantitative estimate of drug-likeness (QED) is 0.0270. The molecule has 8 rings (SSSR count). The van der Waals surface area contributed by atoms with Crippen LogP contribution < -0.4 is 26.6 Å². The minimum absolute atomic E-state index is 0.743. The zero-order valence-electron chi connectivity index (χ0n) is 68.7. The molecule has 748 valence electrons. The highest BCUT2D eigenvalue weighted by Gasteiger charge is 2.67. The number of aliphatic hydroxyl groups excluding tert-OH is 27. The minimum Gasteiger partial charge on any atom is -0.477 e. The molecule has 5 amide bonds. The number of carbonyl (C=O) groups is 9. The number of amides is 5. The zero-order chi connectivity index (χ0) is 97.3. The highest BCUT2D eigenvalue weighted by molar-refractivity contribution is 5.80. The molecule has 8 saturated heterocycles. The van der Waals surface area contributed by atoms with Gasteiger partial charge in [0.15, 0.2) is 25.2 Å². The SMILES string of the molecule is CC(=O)N[C@H]1[C@H](O[C@@H]2[C@H](O[C@]3(C(=O)O)C[C@H](O)[C@@H](NC(C)=O)[C@H]([C@H](O)[C@@H](CO)O[C@]4(C(=O)O)C[C@H](O)[C@@H](NC(C)=O)[C@H]([C@H](O)[C@H](O)CO)O4)O3)[C@@H](O)[C@H](O[C@H]3[C@H](O)[C@@H](O)[C@H](O)O[C@@H]3CO)O[C@@H]2CO)O[C@H](CO)[C@H](O)[C@@H]1O[C@@H]1O[C@H](CO)[C@H](O)[C@H](O[C@]2(C(=O)O)C[C@H](O)[C@@H](NC(=O)CO)[C@H]([C@H](O)[C@@H](CO)O[C@]3(C(=O)O)C[C@H](O)[C@@H](NC(=O)CO)[C@H]([C@H](O)[C@H](O)CO)O3)O2)[C@H]1O. The van der Waals surface area contributed by atoms with Gasteiger partial charge in [0.2, 0.25) is 29.5 Å². The first-order chi connectivity index (χ1) is 61.0. The van der Waals surface area contributed by atoms with E-state index in [2.05, 4.69) is 16.0 Å². The molecule has 0 aromatic rings. The van der Waals surface area contributed by atoms with Crippen LogP contribution >= 0.6 is 0 Å². The number of carboxylic acids is 4. The first kappa shape index (κ1) is 109. The average molecular weight is 1900 g/mol. The van der Waals surface area contributed by atoms with E-state index < -0.39 is 413 Å². The van der Waals surface area contributed by atoms with Gasteiger partial charge in [-0.25, -0.2) is 19.2 Å². The number of aliphatic hydroxyl groups is 27. The second-order valence-electron chi connectivity index (χ2n) is 31.8. The Balaban J connectivity index is 1.18. The highest BCUT2D eigenvalue weighted by Crippen LogP contribution is 2.46. The number of carboxylic acid groups (broad SMARTS) is 4. The van der Waals surface area contributed by atoms with Gasteiger partial charge in [-0.3, -0.25) is 24.0 Å². The molecule has 8 heterocycles. The van der Waals surface area contributed by atoms with Crippen molar-refractivity contribution in [2.75, 3.05) is 66.1 Å². The Bertz CT molecular complexity index is 3760. The van der Waals surface area contributed by atoms with Gasteiger partial charge >= 0.3 is 23.9 Å². The molecule has 0 aromatic heterocycles. The minimum atomic E-state index is -3.84. The van der Waals surface area contributed by atoms with Crippen LogP contribution in [-0.2, 0) is 114 Å². The predicted octanol–water partition coefficient (Wildman–Crippen LogP) is -23.0. The summed E-state index contributed by atoms with van der Waals surface area (Å²) in [6, 6.07) is -10.8. The van der Waals surface area contributed by atoms with E-state index in [1.807, 2.05) is 10.6 Å². The molecule has 8 aliphatic rings. The van der Waals surface area contributed by atoms with Crippen LogP contribution in [0.3, 0.4) is 0 Å². The van der Waals surface area contributed by atoms with Gasteiger partial charge in [0.05, 0.1) is 101 Å². The summed E-state index contributed by atoms with van der Waals surface area (Å²) < 4.78 is 87.3. The van der Waals surface area contributed by atoms with Crippen molar-refractivity contribution in [1.82, 2.24) is 26.6 Å². The third-order valence-electron chi connectivity index (χ3n) is 22.8. The van der Waals surface area contributed by atoms with Crippen LogP contribution in [0.5, 0.6) is 0 Å². The lowest BCUT2D eigenvalue weighted by Gasteiger charge is -2.53. The number of aliphatic carboxylic acids is 4. The second kappa shape index (κ2) is 45.9. The van der Waals surface area contributed by atoms with Crippen LogP contribution in [0.25, 0.3) is 0 Å². The van der Waals surface area contributed by atoms with E-state index in [1.54, 1.807) is 0 Å². The first-order valence-electron chi connectivity index (χ1n) is 40.0. The maximum Gasteiger partial charge on any atom is 0.364 e. The number of carbonyl (C=O) groups excluding carboxylic acids is 5. The summed E-state index contributed by atoms with van der Waals surface area (Å²) in [7, 11) is 0. The molecule has 0 radical (unpaired) electrons. The van der Waals surface area contributed by atoms with Crippen LogP contribution in [0.15, 0.2) is 0 Å². The van der Waals surface area contributed by atoms with Crippen molar-refractivity contribution in [2.45, 2.75) is 314 Å². The van der Waals surface area contributed by atoms with Crippen molar-refractivity contribution in [3.05, 3.63) is 0 Å². The predicted molar refractivity (Wildman–Crippen MR) is 394 cm³/mol. The number of rotatable bonds is 41. The summed E-state index contributed by atoms with van der Waals surface area (Å²) in [6.07, 6.45) is -94.1. The second-order valence-corrected chi connectivity index (χ2v) is 31.8. The van der Waals surface area contributed by atoms with Crippen LogP contribution in [0.1, 0.15) is 46.5 Å².